The Labute approximate surface area is 197 Å². The van der Waals surface area contributed by atoms with Crippen LogP contribution in [0.5, 0.6) is 5.88 Å². The average molecular weight is 458 g/mol. The molecular formula is C27H27N3O4. The molecular weight excluding hydrogens is 430 g/mol. The molecule has 0 saturated carbocycles. The van der Waals surface area contributed by atoms with Gasteiger partial charge in [-0.15, -0.1) is 0 Å². The molecule has 0 bridgehead atoms. The SMILES string of the molecule is Cc1nc(O)c2cc(-c3ccn(CCCCC(=O)OCc4ccccc4)c(=O)c3)c(C)cc2n1. The van der Waals surface area contributed by atoms with Gasteiger partial charge in [-0.3, -0.25) is 9.59 Å². The van der Waals surface area contributed by atoms with Crippen molar-refractivity contribution in [2.24, 2.45) is 0 Å². The van der Waals surface area contributed by atoms with Crippen molar-refractivity contribution in [2.75, 3.05) is 0 Å². The molecule has 0 fully saturated rings. The highest BCUT2D eigenvalue weighted by Crippen LogP contribution is 2.30. The summed E-state index contributed by atoms with van der Waals surface area (Å²) >= 11 is 0. The highest BCUT2D eigenvalue weighted by Gasteiger charge is 2.11. The van der Waals surface area contributed by atoms with Crippen LogP contribution in [0.4, 0.5) is 0 Å². The molecule has 0 spiro atoms. The van der Waals surface area contributed by atoms with Crippen molar-refractivity contribution in [3.63, 3.8) is 0 Å². The molecule has 0 aliphatic heterocycles. The first-order valence-electron chi connectivity index (χ1n) is 11.3. The zero-order valence-electron chi connectivity index (χ0n) is 19.3. The number of ether oxygens (including phenoxy) is 1. The highest BCUT2D eigenvalue weighted by molar-refractivity contribution is 5.89. The summed E-state index contributed by atoms with van der Waals surface area (Å²) in [6.07, 6.45) is 3.42. The van der Waals surface area contributed by atoms with Gasteiger partial charge in [-0.1, -0.05) is 30.3 Å². The van der Waals surface area contributed by atoms with Crippen LogP contribution in [0.1, 0.15) is 36.2 Å². The van der Waals surface area contributed by atoms with Crippen LogP contribution in [0.3, 0.4) is 0 Å². The van der Waals surface area contributed by atoms with E-state index in [1.807, 2.05) is 55.5 Å². The molecule has 7 heteroatoms. The van der Waals surface area contributed by atoms with Crippen LogP contribution in [0.2, 0.25) is 0 Å². The van der Waals surface area contributed by atoms with Crippen LogP contribution >= 0.6 is 0 Å². The van der Waals surface area contributed by atoms with Crippen LogP contribution < -0.4 is 5.56 Å². The van der Waals surface area contributed by atoms with Crippen LogP contribution in [0, 0.1) is 13.8 Å². The summed E-state index contributed by atoms with van der Waals surface area (Å²) in [6, 6.07) is 16.8. The fourth-order valence-electron chi connectivity index (χ4n) is 3.91. The first-order valence-corrected chi connectivity index (χ1v) is 11.3. The maximum Gasteiger partial charge on any atom is 0.306 e. The predicted octanol–water partition coefficient (Wildman–Crippen LogP) is 4.69. The van der Waals surface area contributed by atoms with Crippen molar-refractivity contribution in [1.82, 2.24) is 14.5 Å². The monoisotopic (exact) mass is 457 g/mol. The van der Waals surface area contributed by atoms with Gasteiger partial charge in [0.2, 0.25) is 5.88 Å². The third-order valence-corrected chi connectivity index (χ3v) is 5.71. The van der Waals surface area contributed by atoms with Crippen molar-refractivity contribution in [1.29, 1.82) is 0 Å². The van der Waals surface area contributed by atoms with Gasteiger partial charge in [-0.25, -0.2) is 4.98 Å². The zero-order chi connectivity index (χ0) is 24.1. The van der Waals surface area contributed by atoms with Gasteiger partial charge in [-0.05, 0) is 67.1 Å². The molecule has 2 heterocycles. The van der Waals surface area contributed by atoms with E-state index in [1.165, 1.54) is 0 Å². The number of pyridine rings is 1. The second-order valence-electron chi connectivity index (χ2n) is 8.33. The summed E-state index contributed by atoms with van der Waals surface area (Å²) in [4.78, 5) is 33.0. The van der Waals surface area contributed by atoms with Gasteiger partial charge in [-0.2, -0.15) is 4.98 Å². The minimum Gasteiger partial charge on any atom is -0.493 e. The Kier molecular flexibility index (Phi) is 7.01. The number of carbonyl (C=O) groups is 1. The molecule has 2 aromatic carbocycles. The molecule has 0 atom stereocenters. The molecule has 4 aromatic rings. The number of nitrogens with zero attached hydrogens (tertiary/aromatic N) is 3. The lowest BCUT2D eigenvalue weighted by atomic mass is 9.99. The van der Waals surface area contributed by atoms with E-state index in [9.17, 15) is 14.7 Å². The second kappa shape index (κ2) is 10.3. The van der Waals surface area contributed by atoms with Crippen molar-refractivity contribution >= 4 is 16.9 Å². The average Bonchev–Trinajstić information content (AvgIpc) is 2.81. The van der Waals surface area contributed by atoms with Crippen LogP contribution in [0.25, 0.3) is 22.0 Å². The third-order valence-electron chi connectivity index (χ3n) is 5.71. The Morgan fingerprint density at radius 2 is 1.82 bits per heavy atom. The summed E-state index contributed by atoms with van der Waals surface area (Å²) in [5.41, 5.74) is 4.08. The summed E-state index contributed by atoms with van der Waals surface area (Å²) in [5.74, 6) is 0.198. The summed E-state index contributed by atoms with van der Waals surface area (Å²) in [5, 5.41) is 10.8. The Bertz CT molecular complexity index is 1380. The molecule has 0 saturated heterocycles. The minimum atomic E-state index is -0.235. The summed E-state index contributed by atoms with van der Waals surface area (Å²) in [7, 11) is 0. The van der Waals surface area contributed by atoms with Gasteiger partial charge < -0.3 is 14.4 Å². The number of aryl methyl sites for hydroxylation is 3. The molecule has 1 N–H and O–H groups in total. The number of unbranched alkanes of at least 4 members (excludes halogenated alkanes) is 1. The largest absolute Gasteiger partial charge is 0.493 e. The van der Waals surface area contributed by atoms with E-state index in [0.717, 1.165) is 22.3 Å². The topological polar surface area (TPSA) is 94.3 Å². The standard InChI is InChI=1S/C27H27N3O4/c1-18-14-24-23(27(33)29-19(2)28-24)16-22(18)21-11-13-30(25(31)15-21)12-7-6-10-26(32)34-17-20-8-4-3-5-9-20/h3-5,8-9,11,13-16H,6-7,10,12,17H2,1-2H3,(H,28,29,33). The van der Waals surface area contributed by atoms with Crippen molar-refractivity contribution in [2.45, 2.75) is 46.3 Å². The maximum atomic E-state index is 12.7. The van der Waals surface area contributed by atoms with Gasteiger partial charge >= 0.3 is 5.97 Å². The highest BCUT2D eigenvalue weighted by atomic mass is 16.5. The molecule has 34 heavy (non-hydrogen) atoms. The first-order chi connectivity index (χ1) is 16.4. The van der Waals surface area contributed by atoms with Crippen LogP contribution in [-0.4, -0.2) is 25.6 Å². The van der Waals surface area contributed by atoms with E-state index in [0.29, 0.717) is 42.5 Å². The Morgan fingerprint density at radius 1 is 1.03 bits per heavy atom. The number of esters is 1. The normalized spacial score (nSPS) is 11.0. The number of fused-ring (bicyclic) bond motifs is 1. The first kappa shape index (κ1) is 23.2. The molecule has 0 radical (unpaired) electrons. The van der Waals surface area contributed by atoms with Gasteiger partial charge in [0, 0.05) is 25.2 Å². The van der Waals surface area contributed by atoms with Crippen molar-refractivity contribution in [3.8, 4) is 17.0 Å². The smallest absolute Gasteiger partial charge is 0.306 e. The van der Waals surface area contributed by atoms with Crippen LogP contribution in [0.15, 0.2) is 65.6 Å². The van der Waals surface area contributed by atoms with E-state index < -0.39 is 0 Å². The fraction of sp³-hybridized carbons (Fsp3) is 0.259. The Hall–Kier alpha value is -4.00. The molecule has 2 aromatic heterocycles. The fourth-order valence-corrected chi connectivity index (χ4v) is 3.91. The molecule has 4 rings (SSSR count). The lowest BCUT2D eigenvalue weighted by Gasteiger charge is -2.11. The van der Waals surface area contributed by atoms with E-state index >= 15 is 0 Å². The second-order valence-corrected chi connectivity index (χ2v) is 8.33. The lowest BCUT2D eigenvalue weighted by Crippen LogP contribution is -2.18. The molecule has 0 aliphatic rings. The van der Waals surface area contributed by atoms with Crippen molar-refractivity contribution in [3.05, 3.63) is 88.1 Å². The summed E-state index contributed by atoms with van der Waals surface area (Å²) < 4.78 is 6.93. The number of aromatic nitrogens is 3. The van der Waals surface area contributed by atoms with Gasteiger partial charge in [0.15, 0.2) is 0 Å². The summed E-state index contributed by atoms with van der Waals surface area (Å²) in [6.45, 7) is 4.48. The van der Waals surface area contributed by atoms with E-state index in [2.05, 4.69) is 9.97 Å². The van der Waals surface area contributed by atoms with E-state index in [-0.39, 0.29) is 24.0 Å². The van der Waals surface area contributed by atoms with E-state index in [1.54, 1.807) is 23.8 Å². The van der Waals surface area contributed by atoms with Gasteiger partial charge in [0.05, 0.1) is 10.9 Å². The van der Waals surface area contributed by atoms with Gasteiger partial charge in [0.25, 0.3) is 5.56 Å². The lowest BCUT2D eigenvalue weighted by molar-refractivity contribution is -0.145. The Morgan fingerprint density at radius 3 is 2.59 bits per heavy atom. The molecule has 0 amide bonds. The third kappa shape index (κ3) is 5.49. The molecule has 0 aliphatic carbocycles. The number of rotatable bonds is 8. The molecule has 0 unspecified atom stereocenters. The molecule has 174 valence electrons. The quantitative estimate of drug-likeness (QED) is 0.305. The number of aromatic hydroxyl groups is 1. The number of hydrogen-bond acceptors (Lipinski definition) is 6. The maximum absolute atomic E-state index is 12.7. The predicted molar refractivity (Wildman–Crippen MR) is 130 cm³/mol. The Balaban J connectivity index is 1.36. The van der Waals surface area contributed by atoms with Crippen molar-refractivity contribution < 1.29 is 14.6 Å². The minimum absolute atomic E-state index is 0.0700. The number of carbonyl (C=O) groups excluding carboxylic acids is 1. The van der Waals surface area contributed by atoms with Crippen LogP contribution in [-0.2, 0) is 22.7 Å². The number of hydrogen-bond donors (Lipinski definition) is 1. The van der Waals surface area contributed by atoms with Gasteiger partial charge in [0.1, 0.15) is 12.4 Å². The zero-order valence-corrected chi connectivity index (χ0v) is 19.3. The molecule has 7 nitrogen and oxygen atoms in total. The van der Waals surface area contributed by atoms with E-state index in [4.69, 9.17) is 4.74 Å². The number of benzene rings is 2.